The molecule has 1 aliphatic heterocycles. The van der Waals surface area contributed by atoms with Crippen LogP contribution in [-0.2, 0) is 4.79 Å². The highest BCUT2D eigenvalue weighted by Crippen LogP contribution is 2.39. The monoisotopic (exact) mass is 448 g/mol. The van der Waals surface area contributed by atoms with Gasteiger partial charge in [0, 0.05) is 11.6 Å². The third-order valence-electron chi connectivity index (χ3n) is 5.81. The molecule has 4 nitrogen and oxygen atoms in total. The van der Waals surface area contributed by atoms with E-state index in [2.05, 4.69) is 32.9 Å². The van der Waals surface area contributed by atoms with Gasteiger partial charge < -0.3 is 4.74 Å². The summed E-state index contributed by atoms with van der Waals surface area (Å²) in [4.78, 5) is 21.1. The summed E-state index contributed by atoms with van der Waals surface area (Å²) in [5.41, 5.74) is 3.02. The summed E-state index contributed by atoms with van der Waals surface area (Å²) in [5.74, 6) is 1.31. The predicted molar refractivity (Wildman–Crippen MR) is 134 cm³/mol. The number of aryl methyl sites for hydroxylation is 1. The van der Waals surface area contributed by atoms with Gasteiger partial charge in [0.25, 0.3) is 5.91 Å². The lowest BCUT2D eigenvalue weighted by atomic mass is 9.94. The van der Waals surface area contributed by atoms with Crippen molar-refractivity contribution in [2.24, 2.45) is 10.9 Å². The molecular formula is C27H32N2O2S. The molecule has 0 bridgehead atoms. The standard InChI is InChI=1S/C27H32N2O2S/c1-19(2)18-31-24-12-8-7-9-21(24)17-25-26(30)29(23-10-5-4-6-11-23)27(32-25)28-22-15-13-20(3)14-16-22/h7-9,12-17,19,23H,4-6,10-11,18H2,1-3H3/b25-17+,28-27?. The van der Waals surface area contributed by atoms with Crippen LogP contribution < -0.4 is 4.74 Å². The van der Waals surface area contributed by atoms with Crippen molar-refractivity contribution >= 4 is 34.6 Å². The Morgan fingerprint density at radius 3 is 2.53 bits per heavy atom. The molecule has 2 aromatic carbocycles. The second-order valence-corrected chi connectivity index (χ2v) is 10.1. The molecule has 0 spiro atoms. The SMILES string of the molecule is Cc1ccc(N=C2S/C(=C/c3ccccc3OCC(C)C)C(=O)N2C2CCCCC2)cc1. The summed E-state index contributed by atoms with van der Waals surface area (Å²) >= 11 is 1.48. The van der Waals surface area contributed by atoms with Gasteiger partial charge in [-0.3, -0.25) is 9.69 Å². The number of hydrogen-bond donors (Lipinski definition) is 0. The van der Waals surface area contributed by atoms with Crippen LogP contribution in [0.5, 0.6) is 5.75 Å². The molecule has 168 valence electrons. The van der Waals surface area contributed by atoms with Crippen molar-refractivity contribution in [1.82, 2.24) is 4.90 Å². The van der Waals surface area contributed by atoms with Crippen LogP contribution in [0.15, 0.2) is 58.4 Å². The Morgan fingerprint density at radius 2 is 1.81 bits per heavy atom. The minimum Gasteiger partial charge on any atom is -0.493 e. The molecule has 0 unspecified atom stereocenters. The molecule has 1 amide bonds. The molecule has 0 radical (unpaired) electrons. The van der Waals surface area contributed by atoms with Crippen LogP contribution in [0.4, 0.5) is 5.69 Å². The van der Waals surface area contributed by atoms with Gasteiger partial charge in [0.1, 0.15) is 5.75 Å². The number of amides is 1. The Kier molecular flexibility index (Phi) is 7.36. The number of carbonyl (C=O) groups excluding carboxylic acids is 1. The second-order valence-electron chi connectivity index (χ2n) is 9.05. The summed E-state index contributed by atoms with van der Waals surface area (Å²) < 4.78 is 6.01. The van der Waals surface area contributed by atoms with Crippen LogP contribution in [0, 0.1) is 12.8 Å². The maximum Gasteiger partial charge on any atom is 0.267 e. The predicted octanol–water partition coefficient (Wildman–Crippen LogP) is 6.97. The van der Waals surface area contributed by atoms with Crippen molar-refractivity contribution in [2.45, 2.75) is 58.9 Å². The Balaban J connectivity index is 1.67. The highest BCUT2D eigenvalue weighted by atomic mass is 32.2. The van der Waals surface area contributed by atoms with Gasteiger partial charge in [-0.25, -0.2) is 4.99 Å². The zero-order chi connectivity index (χ0) is 22.5. The van der Waals surface area contributed by atoms with Gasteiger partial charge in [0.2, 0.25) is 0 Å². The number of benzene rings is 2. The van der Waals surface area contributed by atoms with E-state index < -0.39 is 0 Å². The topological polar surface area (TPSA) is 41.9 Å². The lowest BCUT2D eigenvalue weighted by Crippen LogP contribution is -2.40. The molecular weight excluding hydrogens is 416 g/mol. The number of rotatable bonds is 6. The summed E-state index contributed by atoms with van der Waals surface area (Å²) in [6, 6.07) is 16.3. The molecule has 2 aliphatic rings. The number of thioether (sulfide) groups is 1. The quantitative estimate of drug-likeness (QED) is 0.448. The van der Waals surface area contributed by atoms with E-state index in [1.165, 1.54) is 36.6 Å². The van der Waals surface area contributed by atoms with Crippen molar-refractivity contribution in [3.8, 4) is 5.75 Å². The fourth-order valence-corrected chi connectivity index (χ4v) is 5.13. The number of ether oxygens (including phenoxy) is 1. The first-order valence-corrected chi connectivity index (χ1v) is 12.4. The Morgan fingerprint density at radius 1 is 1.09 bits per heavy atom. The van der Waals surface area contributed by atoms with Crippen molar-refractivity contribution in [3.63, 3.8) is 0 Å². The molecule has 5 heteroatoms. The number of amidine groups is 1. The van der Waals surface area contributed by atoms with Crippen LogP contribution >= 0.6 is 11.8 Å². The Labute approximate surface area is 195 Å². The molecule has 2 aromatic rings. The average molecular weight is 449 g/mol. The summed E-state index contributed by atoms with van der Waals surface area (Å²) in [7, 11) is 0. The van der Waals surface area contributed by atoms with Crippen LogP contribution in [0.25, 0.3) is 6.08 Å². The first-order chi connectivity index (χ1) is 15.5. The van der Waals surface area contributed by atoms with Gasteiger partial charge in [0.05, 0.1) is 17.2 Å². The molecule has 1 heterocycles. The van der Waals surface area contributed by atoms with Crippen LogP contribution in [0.2, 0.25) is 0 Å². The summed E-state index contributed by atoms with van der Waals surface area (Å²) in [5, 5.41) is 0.789. The van der Waals surface area contributed by atoms with Crippen LogP contribution in [0.1, 0.15) is 57.1 Å². The third kappa shape index (κ3) is 5.44. The minimum absolute atomic E-state index is 0.0615. The number of aliphatic imine (C=N–C) groups is 1. The fraction of sp³-hybridized carbons (Fsp3) is 0.407. The van der Waals surface area contributed by atoms with Crippen molar-refractivity contribution < 1.29 is 9.53 Å². The third-order valence-corrected chi connectivity index (χ3v) is 6.80. The molecule has 2 fully saturated rings. The number of carbonyl (C=O) groups is 1. The first kappa shape index (κ1) is 22.7. The van der Waals surface area contributed by atoms with Gasteiger partial charge in [-0.2, -0.15) is 0 Å². The van der Waals surface area contributed by atoms with Crippen LogP contribution in [-0.4, -0.2) is 28.6 Å². The minimum atomic E-state index is 0.0615. The normalized spacial score (nSPS) is 20.0. The number of para-hydroxylation sites is 1. The van der Waals surface area contributed by atoms with E-state index in [9.17, 15) is 4.79 Å². The second kappa shape index (κ2) is 10.4. The lowest BCUT2D eigenvalue weighted by molar-refractivity contribution is -0.124. The molecule has 1 aliphatic carbocycles. The molecule has 4 rings (SSSR count). The van der Waals surface area contributed by atoms with E-state index in [0.29, 0.717) is 17.4 Å². The van der Waals surface area contributed by atoms with E-state index in [4.69, 9.17) is 9.73 Å². The van der Waals surface area contributed by atoms with Crippen molar-refractivity contribution in [3.05, 3.63) is 64.6 Å². The molecule has 1 saturated heterocycles. The molecule has 0 atom stereocenters. The first-order valence-electron chi connectivity index (χ1n) is 11.6. The largest absolute Gasteiger partial charge is 0.493 e. The van der Waals surface area contributed by atoms with Gasteiger partial charge in [-0.05, 0) is 61.7 Å². The molecule has 0 N–H and O–H groups in total. The fourth-order valence-electron chi connectivity index (χ4n) is 4.08. The Hall–Kier alpha value is -2.53. The number of nitrogens with zero attached hydrogens (tertiary/aromatic N) is 2. The zero-order valence-corrected chi connectivity index (χ0v) is 20.0. The molecule has 1 saturated carbocycles. The Bertz CT molecular complexity index is 1000. The maximum absolute atomic E-state index is 13.6. The van der Waals surface area contributed by atoms with E-state index in [-0.39, 0.29) is 11.9 Å². The van der Waals surface area contributed by atoms with E-state index in [1.54, 1.807) is 0 Å². The average Bonchev–Trinajstić information content (AvgIpc) is 3.09. The number of hydrogen-bond acceptors (Lipinski definition) is 4. The van der Waals surface area contributed by atoms with Crippen LogP contribution in [0.3, 0.4) is 0 Å². The van der Waals surface area contributed by atoms with Crippen molar-refractivity contribution in [2.75, 3.05) is 6.61 Å². The van der Waals surface area contributed by atoms with Crippen molar-refractivity contribution in [1.29, 1.82) is 0 Å². The lowest BCUT2D eigenvalue weighted by Gasteiger charge is -2.30. The summed E-state index contributed by atoms with van der Waals surface area (Å²) in [6.45, 7) is 6.98. The van der Waals surface area contributed by atoms with Gasteiger partial charge in [-0.1, -0.05) is 69.0 Å². The van der Waals surface area contributed by atoms with Gasteiger partial charge in [-0.15, -0.1) is 0 Å². The zero-order valence-electron chi connectivity index (χ0n) is 19.2. The highest BCUT2D eigenvalue weighted by Gasteiger charge is 2.38. The van der Waals surface area contributed by atoms with E-state index >= 15 is 0 Å². The smallest absolute Gasteiger partial charge is 0.267 e. The molecule has 32 heavy (non-hydrogen) atoms. The van der Waals surface area contributed by atoms with E-state index in [1.807, 2.05) is 47.4 Å². The van der Waals surface area contributed by atoms with E-state index in [0.717, 1.165) is 35.0 Å². The van der Waals surface area contributed by atoms with Gasteiger partial charge in [0.15, 0.2) is 5.17 Å². The molecule has 0 aromatic heterocycles. The summed E-state index contributed by atoms with van der Waals surface area (Å²) in [6.07, 6.45) is 7.64. The maximum atomic E-state index is 13.6. The van der Waals surface area contributed by atoms with Gasteiger partial charge >= 0.3 is 0 Å². The highest BCUT2D eigenvalue weighted by molar-refractivity contribution is 8.18.